The molecule has 0 amide bonds. The summed E-state index contributed by atoms with van der Waals surface area (Å²) in [6.45, 7) is 2.18. The van der Waals surface area contributed by atoms with E-state index in [0.717, 1.165) is 0 Å². The molecule has 0 bridgehead atoms. The monoisotopic (exact) mass is 306 g/mol. The fourth-order valence-corrected chi connectivity index (χ4v) is 3.07. The van der Waals surface area contributed by atoms with Crippen LogP contribution >= 0.6 is 34.8 Å². The summed E-state index contributed by atoms with van der Waals surface area (Å²) in [6.07, 6.45) is 6.54. The van der Waals surface area contributed by atoms with Gasteiger partial charge in [-0.25, -0.2) is 4.98 Å². The summed E-state index contributed by atoms with van der Waals surface area (Å²) < 4.78 is 0. The van der Waals surface area contributed by atoms with Crippen molar-refractivity contribution in [2.75, 3.05) is 5.32 Å². The van der Waals surface area contributed by atoms with Crippen molar-refractivity contribution >= 4 is 40.6 Å². The molecule has 0 aromatic carbocycles. The van der Waals surface area contributed by atoms with E-state index in [2.05, 4.69) is 17.2 Å². The van der Waals surface area contributed by atoms with Gasteiger partial charge in [0.05, 0.1) is 10.0 Å². The number of anilines is 1. The fraction of sp³-hybridized carbons (Fsp3) is 0.615. The van der Waals surface area contributed by atoms with E-state index in [0.29, 0.717) is 33.0 Å². The second kappa shape index (κ2) is 6.31. The Morgan fingerprint density at radius 1 is 1.17 bits per heavy atom. The summed E-state index contributed by atoms with van der Waals surface area (Å²) in [6, 6.07) is 1.99. The molecular formula is C13H17Cl3N2. The molecule has 1 unspecified atom stereocenters. The molecule has 1 aromatic rings. The van der Waals surface area contributed by atoms with Gasteiger partial charge in [0.1, 0.15) is 11.0 Å². The predicted molar refractivity (Wildman–Crippen MR) is 78.9 cm³/mol. The second-order valence-electron chi connectivity index (χ2n) is 4.92. The summed E-state index contributed by atoms with van der Waals surface area (Å²) in [4.78, 5) is 4.20. The molecule has 0 saturated heterocycles. The lowest BCUT2D eigenvalue weighted by molar-refractivity contribution is 0.328. The van der Waals surface area contributed by atoms with Crippen LogP contribution in [0.2, 0.25) is 15.2 Å². The third-order valence-corrected chi connectivity index (χ3v) is 4.57. The van der Waals surface area contributed by atoms with Crippen molar-refractivity contribution in [2.24, 2.45) is 5.92 Å². The third-order valence-electron chi connectivity index (χ3n) is 3.61. The normalized spacial score (nSPS) is 18.7. The van der Waals surface area contributed by atoms with Gasteiger partial charge >= 0.3 is 0 Å². The van der Waals surface area contributed by atoms with Crippen molar-refractivity contribution in [1.29, 1.82) is 0 Å². The van der Waals surface area contributed by atoms with Crippen LogP contribution in [0, 0.1) is 5.92 Å². The molecule has 1 fully saturated rings. The molecule has 5 heteroatoms. The first kappa shape index (κ1) is 14.2. The van der Waals surface area contributed by atoms with E-state index in [9.17, 15) is 0 Å². The lowest BCUT2D eigenvalue weighted by atomic mass is 9.84. The zero-order valence-electron chi connectivity index (χ0n) is 10.3. The summed E-state index contributed by atoms with van der Waals surface area (Å²) in [7, 11) is 0. The van der Waals surface area contributed by atoms with E-state index in [1.807, 2.05) is 0 Å². The molecule has 1 aliphatic rings. The van der Waals surface area contributed by atoms with Crippen LogP contribution in [0.25, 0.3) is 0 Å². The molecule has 1 aliphatic carbocycles. The van der Waals surface area contributed by atoms with Gasteiger partial charge in [-0.3, -0.25) is 0 Å². The standard InChI is InChI=1S/C13H17Cl3N2/c1-8(9-5-3-2-4-6-9)17-13-11(15)7-10(14)12(16)18-13/h7-9H,2-6H2,1H3,(H,17,18). The number of rotatable bonds is 3. The first-order chi connectivity index (χ1) is 8.58. The second-order valence-corrected chi connectivity index (χ2v) is 6.09. The maximum Gasteiger partial charge on any atom is 0.150 e. The van der Waals surface area contributed by atoms with Crippen LogP contribution in [0.5, 0.6) is 0 Å². The summed E-state index contributed by atoms with van der Waals surface area (Å²) in [5, 5.41) is 4.56. The summed E-state index contributed by atoms with van der Waals surface area (Å²) in [5.74, 6) is 1.32. The number of aromatic nitrogens is 1. The van der Waals surface area contributed by atoms with Gasteiger partial charge in [-0.1, -0.05) is 54.1 Å². The highest BCUT2D eigenvalue weighted by molar-refractivity contribution is 6.42. The van der Waals surface area contributed by atoms with Gasteiger partial charge < -0.3 is 5.32 Å². The highest BCUT2D eigenvalue weighted by atomic mass is 35.5. The van der Waals surface area contributed by atoms with Crippen LogP contribution in [0.4, 0.5) is 5.82 Å². The van der Waals surface area contributed by atoms with Crippen molar-refractivity contribution in [2.45, 2.75) is 45.1 Å². The number of nitrogens with zero attached hydrogens (tertiary/aromatic N) is 1. The van der Waals surface area contributed by atoms with Gasteiger partial charge in [-0.05, 0) is 31.7 Å². The van der Waals surface area contributed by atoms with Crippen LogP contribution in [0.15, 0.2) is 6.07 Å². The van der Waals surface area contributed by atoms with E-state index >= 15 is 0 Å². The van der Waals surface area contributed by atoms with Crippen molar-refractivity contribution in [3.63, 3.8) is 0 Å². The van der Waals surface area contributed by atoms with E-state index in [1.165, 1.54) is 32.1 Å². The molecule has 1 saturated carbocycles. The average Bonchev–Trinajstić information content (AvgIpc) is 2.37. The smallest absolute Gasteiger partial charge is 0.150 e. The molecule has 0 radical (unpaired) electrons. The molecule has 1 atom stereocenters. The lowest BCUT2D eigenvalue weighted by Gasteiger charge is -2.28. The summed E-state index contributed by atoms with van der Waals surface area (Å²) in [5.41, 5.74) is 0. The molecule has 2 nitrogen and oxygen atoms in total. The van der Waals surface area contributed by atoms with Gasteiger partial charge in [-0.15, -0.1) is 0 Å². The highest BCUT2D eigenvalue weighted by Gasteiger charge is 2.21. The topological polar surface area (TPSA) is 24.9 Å². The quantitative estimate of drug-likeness (QED) is 0.754. The molecule has 2 rings (SSSR count). The van der Waals surface area contributed by atoms with Crippen molar-refractivity contribution in [3.8, 4) is 0 Å². The lowest BCUT2D eigenvalue weighted by Crippen LogP contribution is -2.28. The first-order valence-electron chi connectivity index (χ1n) is 6.36. The highest BCUT2D eigenvalue weighted by Crippen LogP contribution is 2.32. The predicted octanol–water partition coefficient (Wildman–Crippen LogP) is 5.42. The zero-order valence-corrected chi connectivity index (χ0v) is 12.6. The molecule has 1 heterocycles. The van der Waals surface area contributed by atoms with Gasteiger partial charge in [0.25, 0.3) is 0 Å². The van der Waals surface area contributed by atoms with E-state index in [-0.39, 0.29) is 0 Å². The Morgan fingerprint density at radius 3 is 2.50 bits per heavy atom. The molecule has 0 aliphatic heterocycles. The molecule has 1 N–H and O–H groups in total. The van der Waals surface area contributed by atoms with Gasteiger partial charge in [0.15, 0.2) is 0 Å². The Hall–Kier alpha value is -0.180. The van der Waals surface area contributed by atoms with Crippen LogP contribution in [0.3, 0.4) is 0 Å². The third kappa shape index (κ3) is 3.43. The van der Waals surface area contributed by atoms with E-state index < -0.39 is 0 Å². The van der Waals surface area contributed by atoms with Crippen LogP contribution < -0.4 is 5.32 Å². The van der Waals surface area contributed by atoms with Gasteiger partial charge in [-0.2, -0.15) is 0 Å². The van der Waals surface area contributed by atoms with Crippen molar-refractivity contribution in [1.82, 2.24) is 4.98 Å². The Kier molecular flexibility index (Phi) is 4.99. The number of halogens is 3. The molecule has 100 valence electrons. The number of pyridine rings is 1. The minimum absolute atomic E-state index is 0.291. The average molecular weight is 308 g/mol. The molecule has 1 aromatic heterocycles. The Bertz CT molecular complexity index is 417. The molecule has 0 spiro atoms. The Morgan fingerprint density at radius 2 is 1.83 bits per heavy atom. The van der Waals surface area contributed by atoms with Crippen LogP contribution in [-0.4, -0.2) is 11.0 Å². The van der Waals surface area contributed by atoms with Gasteiger partial charge in [0, 0.05) is 6.04 Å². The summed E-state index contributed by atoms with van der Waals surface area (Å²) >= 11 is 17.9. The van der Waals surface area contributed by atoms with E-state index in [4.69, 9.17) is 34.8 Å². The van der Waals surface area contributed by atoms with Gasteiger partial charge in [0.2, 0.25) is 0 Å². The van der Waals surface area contributed by atoms with Crippen LogP contribution in [0.1, 0.15) is 39.0 Å². The number of hydrogen-bond acceptors (Lipinski definition) is 2. The fourth-order valence-electron chi connectivity index (χ4n) is 2.51. The number of nitrogens with one attached hydrogen (secondary N) is 1. The SMILES string of the molecule is CC(Nc1nc(Cl)c(Cl)cc1Cl)C1CCCCC1. The van der Waals surface area contributed by atoms with Crippen LogP contribution in [-0.2, 0) is 0 Å². The first-order valence-corrected chi connectivity index (χ1v) is 7.49. The minimum atomic E-state index is 0.291. The maximum absolute atomic E-state index is 6.12. The number of hydrogen-bond donors (Lipinski definition) is 1. The Labute approximate surface area is 123 Å². The zero-order chi connectivity index (χ0) is 13.1. The van der Waals surface area contributed by atoms with Crippen molar-refractivity contribution < 1.29 is 0 Å². The largest absolute Gasteiger partial charge is 0.366 e. The molecular weight excluding hydrogens is 291 g/mol. The Balaban J connectivity index is 2.06. The van der Waals surface area contributed by atoms with E-state index in [1.54, 1.807) is 6.07 Å². The van der Waals surface area contributed by atoms with Crippen molar-refractivity contribution in [3.05, 3.63) is 21.3 Å². The molecule has 18 heavy (non-hydrogen) atoms. The maximum atomic E-state index is 6.12. The minimum Gasteiger partial charge on any atom is -0.366 e.